The van der Waals surface area contributed by atoms with Crippen LogP contribution in [0.5, 0.6) is 0 Å². The second-order valence-electron chi connectivity index (χ2n) is 3.96. The Morgan fingerprint density at radius 2 is 2.31 bits per heavy atom. The number of alkyl halides is 2. The van der Waals surface area contributed by atoms with Crippen LogP contribution in [0.15, 0.2) is 0 Å². The first-order chi connectivity index (χ1) is 7.33. The molecule has 0 saturated carbocycles. The third-order valence-electron chi connectivity index (χ3n) is 2.66. The fourth-order valence-electron chi connectivity index (χ4n) is 1.76. The van der Waals surface area contributed by atoms with Crippen LogP contribution in [0.4, 0.5) is 8.78 Å². The first-order valence-electron chi connectivity index (χ1n) is 5.22. The molecule has 0 aromatic carbocycles. The molecule has 1 aliphatic rings. The van der Waals surface area contributed by atoms with E-state index in [1.165, 1.54) is 6.92 Å². The molecule has 1 rings (SSSR count). The van der Waals surface area contributed by atoms with Gasteiger partial charge in [-0.05, 0) is 13.8 Å². The number of aliphatic hydroxyl groups is 1. The molecular formula is C10H16F2O4. The molecule has 94 valence electrons. The minimum atomic E-state index is -3.89. The second-order valence-corrected chi connectivity index (χ2v) is 3.96. The van der Waals surface area contributed by atoms with Crippen molar-refractivity contribution in [2.75, 3.05) is 13.2 Å². The largest absolute Gasteiger partial charge is 0.461 e. The van der Waals surface area contributed by atoms with E-state index in [1.807, 2.05) is 0 Å². The van der Waals surface area contributed by atoms with E-state index in [4.69, 9.17) is 4.74 Å². The lowest BCUT2D eigenvalue weighted by Gasteiger charge is -2.39. The van der Waals surface area contributed by atoms with Gasteiger partial charge < -0.3 is 14.6 Å². The molecule has 1 N–H and O–H groups in total. The van der Waals surface area contributed by atoms with Gasteiger partial charge in [-0.3, -0.25) is 0 Å². The maximum Gasteiger partial charge on any atom is 0.380 e. The highest BCUT2D eigenvalue weighted by atomic mass is 19.3. The van der Waals surface area contributed by atoms with Gasteiger partial charge in [-0.1, -0.05) is 0 Å². The molecule has 0 aromatic heterocycles. The number of hydrogen-bond acceptors (Lipinski definition) is 4. The van der Waals surface area contributed by atoms with Crippen molar-refractivity contribution < 1.29 is 28.2 Å². The van der Waals surface area contributed by atoms with E-state index in [0.29, 0.717) is 0 Å². The van der Waals surface area contributed by atoms with E-state index in [2.05, 4.69) is 4.74 Å². The van der Waals surface area contributed by atoms with Crippen molar-refractivity contribution in [1.29, 1.82) is 0 Å². The lowest BCUT2D eigenvalue weighted by atomic mass is 9.84. The third kappa shape index (κ3) is 2.32. The number of halogens is 2. The average molecular weight is 238 g/mol. The highest BCUT2D eigenvalue weighted by molar-refractivity contribution is 5.79. The summed E-state index contributed by atoms with van der Waals surface area (Å²) in [6.07, 6.45) is -1.05. The molecule has 0 amide bonds. The number of carbonyl (C=O) groups is 1. The molecule has 0 radical (unpaired) electrons. The summed E-state index contributed by atoms with van der Waals surface area (Å²) in [7, 11) is 0. The Hall–Kier alpha value is -0.750. The van der Waals surface area contributed by atoms with Crippen molar-refractivity contribution >= 4 is 5.97 Å². The van der Waals surface area contributed by atoms with Crippen molar-refractivity contribution in [3.05, 3.63) is 0 Å². The summed E-state index contributed by atoms with van der Waals surface area (Å²) in [5.74, 6) is -5.56. The van der Waals surface area contributed by atoms with Crippen LogP contribution in [0.25, 0.3) is 0 Å². The van der Waals surface area contributed by atoms with E-state index < -0.39 is 23.6 Å². The minimum absolute atomic E-state index is 0.00661. The van der Waals surface area contributed by atoms with Crippen LogP contribution in [-0.4, -0.2) is 41.9 Å². The molecule has 0 aromatic rings. The first-order valence-corrected chi connectivity index (χ1v) is 5.22. The number of ether oxygens (including phenoxy) is 2. The minimum Gasteiger partial charge on any atom is -0.461 e. The molecule has 1 saturated heterocycles. The van der Waals surface area contributed by atoms with Gasteiger partial charge in [0.05, 0.1) is 12.7 Å². The third-order valence-corrected chi connectivity index (χ3v) is 2.66. The Kier molecular flexibility index (Phi) is 3.85. The van der Waals surface area contributed by atoms with Gasteiger partial charge in [0.25, 0.3) is 0 Å². The van der Waals surface area contributed by atoms with Crippen molar-refractivity contribution in [3.8, 4) is 0 Å². The molecule has 6 heteroatoms. The zero-order valence-electron chi connectivity index (χ0n) is 9.33. The van der Waals surface area contributed by atoms with Crippen molar-refractivity contribution in [1.82, 2.24) is 0 Å². The topological polar surface area (TPSA) is 55.8 Å². The predicted molar refractivity (Wildman–Crippen MR) is 51.2 cm³/mol. The highest BCUT2D eigenvalue weighted by Crippen LogP contribution is 2.39. The molecule has 4 nitrogen and oxygen atoms in total. The zero-order chi connectivity index (χ0) is 12.4. The summed E-state index contributed by atoms with van der Waals surface area (Å²) in [4.78, 5) is 11.1. The van der Waals surface area contributed by atoms with Gasteiger partial charge in [-0.25, -0.2) is 4.79 Å². The summed E-state index contributed by atoms with van der Waals surface area (Å²) in [5.41, 5.74) is -2.36. The smallest absolute Gasteiger partial charge is 0.380 e. The van der Waals surface area contributed by atoms with E-state index >= 15 is 0 Å². The van der Waals surface area contributed by atoms with Crippen LogP contribution in [0.2, 0.25) is 0 Å². The molecule has 16 heavy (non-hydrogen) atoms. The summed E-state index contributed by atoms with van der Waals surface area (Å²) in [6.45, 7) is 2.87. The number of esters is 1. The van der Waals surface area contributed by atoms with E-state index in [9.17, 15) is 18.7 Å². The quantitative estimate of drug-likeness (QED) is 0.748. The van der Waals surface area contributed by atoms with Gasteiger partial charge in [0.1, 0.15) is 5.60 Å². The SMILES string of the molecule is CCOC(=O)C(F)(F)C1(O)CCOC(C)C1. The van der Waals surface area contributed by atoms with E-state index in [-0.39, 0.29) is 26.1 Å². The maximum atomic E-state index is 13.7. The fourth-order valence-corrected chi connectivity index (χ4v) is 1.76. The molecule has 0 aliphatic carbocycles. The lowest BCUT2D eigenvalue weighted by Crippen LogP contribution is -2.57. The van der Waals surface area contributed by atoms with Gasteiger partial charge in [-0.2, -0.15) is 8.78 Å². The van der Waals surface area contributed by atoms with Gasteiger partial charge in [0.2, 0.25) is 0 Å². The molecule has 1 fully saturated rings. The predicted octanol–water partition coefficient (Wildman–Crippen LogP) is 1.11. The molecular weight excluding hydrogens is 222 g/mol. The summed E-state index contributed by atoms with van der Waals surface area (Å²) < 4.78 is 36.7. The average Bonchev–Trinajstić information content (AvgIpc) is 2.17. The molecule has 1 heterocycles. The summed E-state index contributed by atoms with van der Waals surface area (Å²) in [6, 6.07) is 0. The molecule has 0 spiro atoms. The normalized spacial score (nSPS) is 31.2. The second kappa shape index (κ2) is 4.63. The van der Waals surface area contributed by atoms with E-state index in [1.54, 1.807) is 6.92 Å². The van der Waals surface area contributed by atoms with Crippen molar-refractivity contribution in [2.24, 2.45) is 0 Å². The zero-order valence-corrected chi connectivity index (χ0v) is 9.33. The molecule has 2 unspecified atom stereocenters. The lowest BCUT2D eigenvalue weighted by molar-refractivity contribution is -0.236. The van der Waals surface area contributed by atoms with Gasteiger partial charge in [-0.15, -0.1) is 0 Å². The van der Waals surface area contributed by atoms with Crippen LogP contribution in [0.1, 0.15) is 26.7 Å². The number of carbonyl (C=O) groups excluding carboxylic acids is 1. The van der Waals surface area contributed by atoms with Gasteiger partial charge >= 0.3 is 11.9 Å². The standard InChI is InChI=1S/C10H16F2O4/c1-3-15-8(13)10(11,12)9(14)4-5-16-7(2)6-9/h7,14H,3-6H2,1-2H3. The van der Waals surface area contributed by atoms with Gasteiger partial charge in [0.15, 0.2) is 0 Å². The van der Waals surface area contributed by atoms with Gasteiger partial charge in [0, 0.05) is 19.4 Å². The van der Waals surface area contributed by atoms with E-state index in [0.717, 1.165) is 0 Å². The Morgan fingerprint density at radius 3 is 2.81 bits per heavy atom. The Balaban J connectivity index is 2.83. The first kappa shape index (κ1) is 13.3. The molecule has 0 bridgehead atoms. The summed E-state index contributed by atoms with van der Waals surface area (Å²) >= 11 is 0. The number of hydrogen-bond donors (Lipinski definition) is 1. The molecule has 1 aliphatic heterocycles. The highest BCUT2D eigenvalue weighted by Gasteiger charge is 2.60. The van der Waals surface area contributed by atoms with Crippen LogP contribution < -0.4 is 0 Å². The Labute approximate surface area is 92.5 Å². The van der Waals surface area contributed by atoms with Crippen LogP contribution in [0.3, 0.4) is 0 Å². The van der Waals surface area contributed by atoms with Crippen molar-refractivity contribution in [2.45, 2.75) is 44.3 Å². The fraction of sp³-hybridized carbons (Fsp3) is 0.900. The Bertz CT molecular complexity index is 270. The summed E-state index contributed by atoms with van der Waals surface area (Å²) in [5, 5.41) is 9.84. The van der Waals surface area contributed by atoms with Crippen LogP contribution in [-0.2, 0) is 14.3 Å². The Morgan fingerprint density at radius 1 is 1.69 bits per heavy atom. The maximum absolute atomic E-state index is 13.7. The number of rotatable bonds is 3. The monoisotopic (exact) mass is 238 g/mol. The van der Waals surface area contributed by atoms with Crippen LogP contribution >= 0.6 is 0 Å². The van der Waals surface area contributed by atoms with Crippen LogP contribution in [0, 0.1) is 0 Å². The van der Waals surface area contributed by atoms with Crippen molar-refractivity contribution in [3.63, 3.8) is 0 Å². The molecule has 2 atom stereocenters.